The van der Waals surface area contributed by atoms with Crippen molar-refractivity contribution in [3.8, 4) is 0 Å². The first-order chi connectivity index (χ1) is 13.2. The highest BCUT2D eigenvalue weighted by Gasteiger charge is 2.31. The molecule has 1 N–H and O–H groups in total. The Labute approximate surface area is 169 Å². The van der Waals surface area contributed by atoms with Gasteiger partial charge in [0, 0.05) is 15.1 Å². The van der Waals surface area contributed by atoms with Gasteiger partial charge in [0.2, 0.25) is 0 Å². The highest BCUT2D eigenvalue weighted by atomic mass is 32.2. The molecule has 3 rings (SSSR count). The second-order valence-electron chi connectivity index (χ2n) is 6.27. The molecule has 0 aliphatic carbocycles. The number of benzene rings is 1. The quantitative estimate of drug-likeness (QED) is 0.513. The molecule has 1 amide bonds. The third kappa shape index (κ3) is 4.33. The molecule has 0 spiro atoms. The third-order valence-corrected chi connectivity index (χ3v) is 6.13. The van der Waals surface area contributed by atoms with Crippen molar-refractivity contribution in [3.63, 3.8) is 0 Å². The predicted molar refractivity (Wildman–Crippen MR) is 108 cm³/mol. The van der Waals surface area contributed by atoms with Crippen LogP contribution in [-0.2, 0) is 12.7 Å². The van der Waals surface area contributed by atoms with Gasteiger partial charge in [0.25, 0.3) is 5.91 Å². The summed E-state index contributed by atoms with van der Waals surface area (Å²) in [5.41, 5.74) is 0.556. The Bertz CT molecular complexity index is 1030. The van der Waals surface area contributed by atoms with E-state index in [1.165, 1.54) is 17.8 Å². The smallest absolute Gasteiger partial charge is 0.347 e. The van der Waals surface area contributed by atoms with Gasteiger partial charge >= 0.3 is 6.18 Å². The van der Waals surface area contributed by atoms with E-state index in [1.807, 2.05) is 26.0 Å². The van der Waals surface area contributed by atoms with Gasteiger partial charge < -0.3 is 5.32 Å². The van der Waals surface area contributed by atoms with E-state index in [0.29, 0.717) is 33.8 Å². The lowest BCUT2D eigenvalue weighted by atomic mass is 10.0. The average molecular weight is 425 g/mol. The molecule has 1 aromatic carbocycles. The number of carbonyl (C=O) groups is 1. The van der Waals surface area contributed by atoms with Gasteiger partial charge in [-0.25, -0.2) is 4.98 Å². The molecule has 2 heterocycles. The number of nitrogens with one attached hydrogen (secondary N) is 1. The summed E-state index contributed by atoms with van der Waals surface area (Å²) in [6, 6.07) is 7.41. The zero-order valence-corrected chi connectivity index (χ0v) is 17.2. The number of thiophene rings is 1. The fourth-order valence-electron chi connectivity index (χ4n) is 2.92. The second-order valence-corrected chi connectivity index (χ2v) is 8.90. The minimum absolute atomic E-state index is 0.244. The van der Waals surface area contributed by atoms with Crippen molar-refractivity contribution in [3.05, 3.63) is 56.8 Å². The Morgan fingerprint density at radius 3 is 2.57 bits per heavy atom. The summed E-state index contributed by atoms with van der Waals surface area (Å²) in [5, 5.41) is 3.90. The van der Waals surface area contributed by atoms with Crippen molar-refractivity contribution in [2.24, 2.45) is 0 Å². The Morgan fingerprint density at radius 1 is 1.21 bits per heavy atom. The van der Waals surface area contributed by atoms with Crippen LogP contribution in [0.15, 0.2) is 35.4 Å². The summed E-state index contributed by atoms with van der Waals surface area (Å²) >= 11 is 2.96. The minimum atomic E-state index is -4.43. The van der Waals surface area contributed by atoms with Crippen molar-refractivity contribution in [2.45, 2.75) is 38.5 Å². The molecule has 0 radical (unpaired) electrons. The van der Waals surface area contributed by atoms with Crippen LogP contribution < -0.4 is 5.32 Å². The molecule has 0 aliphatic rings. The Morgan fingerprint density at radius 2 is 1.96 bits per heavy atom. The van der Waals surface area contributed by atoms with Crippen molar-refractivity contribution in [1.29, 1.82) is 0 Å². The monoisotopic (exact) mass is 424 g/mol. The molecule has 0 unspecified atom stereocenters. The molecule has 28 heavy (non-hydrogen) atoms. The van der Waals surface area contributed by atoms with Crippen molar-refractivity contribution >= 4 is 39.9 Å². The number of amides is 1. The predicted octanol–water partition coefficient (Wildman–Crippen LogP) is 5.97. The van der Waals surface area contributed by atoms with Crippen LogP contribution in [-0.4, -0.2) is 16.6 Å². The number of aryl methyl sites for hydroxylation is 2. The van der Waals surface area contributed by atoms with Crippen LogP contribution in [0.25, 0.3) is 10.9 Å². The molecule has 0 saturated heterocycles. The molecule has 0 atom stereocenters. The maximum absolute atomic E-state index is 13.0. The number of pyridine rings is 1. The zero-order valence-electron chi connectivity index (χ0n) is 15.6. The summed E-state index contributed by atoms with van der Waals surface area (Å²) in [4.78, 5) is 19.5. The van der Waals surface area contributed by atoms with Gasteiger partial charge in [-0.3, -0.25) is 4.79 Å². The number of carbonyl (C=O) groups excluding carboxylic acids is 1. The Hall–Kier alpha value is -2.06. The van der Waals surface area contributed by atoms with Crippen LogP contribution in [0, 0.1) is 13.8 Å². The Kier molecular flexibility index (Phi) is 6.00. The maximum atomic E-state index is 13.0. The topological polar surface area (TPSA) is 42.0 Å². The van der Waals surface area contributed by atoms with Crippen molar-refractivity contribution < 1.29 is 18.0 Å². The maximum Gasteiger partial charge on any atom is 0.416 e. The largest absolute Gasteiger partial charge is 0.416 e. The van der Waals surface area contributed by atoms with Crippen LogP contribution in [0.1, 0.15) is 38.2 Å². The normalized spacial score (nSPS) is 11.8. The van der Waals surface area contributed by atoms with E-state index < -0.39 is 11.7 Å². The molecule has 3 nitrogen and oxygen atoms in total. The fraction of sp³-hybridized carbons (Fsp3) is 0.300. The molecule has 8 heteroatoms. The van der Waals surface area contributed by atoms with Gasteiger partial charge in [0.05, 0.1) is 23.2 Å². The zero-order chi connectivity index (χ0) is 20.5. The Balaban J connectivity index is 2.01. The minimum Gasteiger partial charge on any atom is -0.347 e. The number of halogens is 3. The number of hydrogen-bond acceptors (Lipinski definition) is 4. The first-order valence-electron chi connectivity index (χ1n) is 8.68. The third-order valence-electron chi connectivity index (χ3n) is 4.27. The first-order valence-corrected chi connectivity index (χ1v) is 10.5. The lowest BCUT2D eigenvalue weighted by molar-refractivity contribution is -0.137. The highest BCUT2D eigenvalue weighted by molar-refractivity contribution is 7.99. The molecule has 148 valence electrons. The number of nitrogens with zero attached hydrogens (tertiary/aromatic N) is 1. The molecule has 0 bridgehead atoms. The average Bonchev–Trinajstić information content (AvgIpc) is 3.04. The summed E-state index contributed by atoms with van der Waals surface area (Å²) in [6.45, 7) is 6.06. The van der Waals surface area contributed by atoms with E-state index in [4.69, 9.17) is 0 Å². The summed E-state index contributed by atoms with van der Waals surface area (Å²) < 4.78 is 39.1. The van der Waals surface area contributed by atoms with E-state index in [0.717, 1.165) is 21.9 Å². The van der Waals surface area contributed by atoms with Crippen LogP contribution in [0.3, 0.4) is 0 Å². The number of aromatic nitrogens is 1. The fourth-order valence-corrected chi connectivity index (χ4v) is 4.58. The van der Waals surface area contributed by atoms with Crippen LogP contribution in [0.5, 0.6) is 0 Å². The first kappa shape index (κ1) is 20.7. The summed E-state index contributed by atoms with van der Waals surface area (Å²) in [6.07, 6.45) is -4.43. The molecule has 0 fully saturated rings. The number of hydrogen-bond donors (Lipinski definition) is 1. The van der Waals surface area contributed by atoms with E-state index in [-0.39, 0.29) is 11.4 Å². The van der Waals surface area contributed by atoms with Crippen LogP contribution >= 0.6 is 23.1 Å². The molecule has 0 aliphatic heterocycles. The SMILES string of the molecule is CCSc1nc2cc(C(F)(F)F)ccc2c(C)c1C(=O)NCc1ccc(C)s1. The van der Waals surface area contributed by atoms with E-state index in [1.54, 1.807) is 18.3 Å². The highest BCUT2D eigenvalue weighted by Crippen LogP contribution is 2.34. The lowest BCUT2D eigenvalue weighted by Crippen LogP contribution is -2.24. The van der Waals surface area contributed by atoms with Crippen LogP contribution in [0.4, 0.5) is 13.2 Å². The molecular weight excluding hydrogens is 405 g/mol. The van der Waals surface area contributed by atoms with Gasteiger partial charge in [0.15, 0.2) is 0 Å². The molecule has 3 aromatic rings. The molecule has 0 saturated carbocycles. The van der Waals surface area contributed by atoms with E-state index >= 15 is 0 Å². The molecule has 2 aromatic heterocycles. The van der Waals surface area contributed by atoms with E-state index in [2.05, 4.69) is 10.3 Å². The lowest BCUT2D eigenvalue weighted by Gasteiger charge is -2.15. The van der Waals surface area contributed by atoms with Gasteiger partial charge in [0.1, 0.15) is 5.03 Å². The van der Waals surface area contributed by atoms with Crippen molar-refractivity contribution in [2.75, 3.05) is 5.75 Å². The number of thioether (sulfide) groups is 1. The van der Waals surface area contributed by atoms with Crippen molar-refractivity contribution in [1.82, 2.24) is 10.3 Å². The van der Waals surface area contributed by atoms with E-state index in [9.17, 15) is 18.0 Å². The number of alkyl halides is 3. The summed E-state index contributed by atoms with van der Waals surface area (Å²) in [7, 11) is 0. The number of rotatable bonds is 5. The second kappa shape index (κ2) is 8.13. The standard InChI is InChI=1S/C20H19F3N2OS2/c1-4-27-19-17(18(26)24-10-14-7-5-11(2)28-14)12(3)15-8-6-13(20(21,22)23)9-16(15)25-19/h5-9H,4,10H2,1-3H3,(H,24,26). The van der Waals surface area contributed by atoms with Gasteiger partial charge in [-0.15, -0.1) is 23.1 Å². The van der Waals surface area contributed by atoms with Gasteiger partial charge in [-0.1, -0.05) is 13.0 Å². The van der Waals surface area contributed by atoms with Crippen LogP contribution in [0.2, 0.25) is 0 Å². The van der Waals surface area contributed by atoms with Gasteiger partial charge in [-0.2, -0.15) is 13.2 Å². The van der Waals surface area contributed by atoms with Gasteiger partial charge in [-0.05, 0) is 49.4 Å². The number of fused-ring (bicyclic) bond motifs is 1. The molecular formula is C20H19F3N2OS2. The summed E-state index contributed by atoms with van der Waals surface area (Å²) in [5.74, 6) is 0.384.